The van der Waals surface area contributed by atoms with Gasteiger partial charge in [-0.05, 0) is 19.1 Å². The molecular formula is C11H13N5OS. The van der Waals surface area contributed by atoms with Gasteiger partial charge in [-0.25, -0.2) is 9.67 Å². The van der Waals surface area contributed by atoms with Crippen molar-refractivity contribution in [3.8, 4) is 0 Å². The molecule has 0 aliphatic carbocycles. The third kappa shape index (κ3) is 2.30. The molecule has 0 amide bonds. The van der Waals surface area contributed by atoms with E-state index in [1.165, 1.54) is 10.9 Å². The number of hydrogen-bond donors (Lipinski definition) is 1. The van der Waals surface area contributed by atoms with Crippen LogP contribution in [0.5, 0.6) is 0 Å². The van der Waals surface area contributed by atoms with E-state index in [9.17, 15) is 4.79 Å². The molecule has 2 N–H and O–H groups in total. The van der Waals surface area contributed by atoms with E-state index in [4.69, 9.17) is 18.0 Å². The fourth-order valence-corrected chi connectivity index (χ4v) is 1.83. The van der Waals surface area contributed by atoms with Crippen LogP contribution >= 0.6 is 12.2 Å². The van der Waals surface area contributed by atoms with Crippen LogP contribution in [-0.4, -0.2) is 24.3 Å². The Labute approximate surface area is 109 Å². The Morgan fingerprint density at radius 2 is 2.33 bits per heavy atom. The zero-order chi connectivity index (χ0) is 13.1. The summed E-state index contributed by atoms with van der Waals surface area (Å²) >= 11 is 4.84. The van der Waals surface area contributed by atoms with E-state index < -0.39 is 0 Å². The van der Waals surface area contributed by atoms with Gasteiger partial charge in [0.2, 0.25) is 0 Å². The molecule has 0 spiro atoms. The van der Waals surface area contributed by atoms with Crippen LogP contribution in [0.3, 0.4) is 0 Å². The lowest BCUT2D eigenvalue weighted by atomic mass is 10.3. The number of hydrogen-bond acceptors (Lipinski definition) is 4. The minimum Gasteiger partial charge on any atom is -0.389 e. The van der Waals surface area contributed by atoms with Crippen molar-refractivity contribution in [2.45, 2.75) is 20.0 Å². The average Bonchev–Trinajstić information content (AvgIpc) is 2.78. The van der Waals surface area contributed by atoms with Crippen molar-refractivity contribution >= 4 is 17.2 Å². The molecule has 0 aliphatic heterocycles. The topological polar surface area (TPSA) is 78.7 Å². The monoisotopic (exact) mass is 263 g/mol. The van der Waals surface area contributed by atoms with Gasteiger partial charge in [0.15, 0.2) is 0 Å². The lowest BCUT2D eigenvalue weighted by Gasteiger charge is -2.07. The van der Waals surface area contributed by atoms with E-state index in [1.807, 2.05) is 6.92 Å². The van der Waals surface area contributed by atoms with Gasteiger partial charge in [0.1, 0.15) is 17.1 Å². The summed E-state index contributed by atoms with van der Waals surface area (Å²) in [4.78, 5) is 16.3. The van der Waals surface area contributed by atoms with Crippen molar-refractivity contribution in [1.82, 2.24) is 19.3 Å². The predicted octanol–water partition coefficient (Wildman–Crippen LogP) is 0.142. The molecule has 2 rings (SSSR count). The SMILES string of the molecule is CCn1ncnc1Cn1cccc(C(N)=S)c1=O. The molecule has 0 saturated carbocycles. The molecule has 0 atom stereocenters. The first-order chi connectivity index (χ1) is 8.63. The maximum absolute atomic E-state index is 12.1. The Bertz CT molecular complexity index is 630. The van der Waals surface area contributed by atoms with Gasteiger partial charge in [0.25, 0.3) is 5.56 Å². The van der Waals surface area contributed by atoms with E-state index >= 15 is 0 Å². The second-order valence-electron chi connectivity index (χ2n) is 3.71. The average molecular weight is 263 g/mol. The molecule has 6 nitrogen and oxygen atoms in total. The molecule has 0 bridgehead atoms. The highest BCUT2D eigenvalue weighted by atomic mass is 32.1. The highest BCUT2D eigenvalue weighted by Crippen LogP contribution is 1.98. The number of aryl methyl sites for hydroxylation is 1. The van der Waals surface area contributed by atoms with Crippen molar-refractivity contribution < 1.29 is 0 Å². The van der Waals surface area contributed by atoms with Crippen LogP contribution in [0.4, 0.5) is 0 Å². The summed E-state index contributed by atoms with van der Waals surface area (Å²) in [6, 6.07) is 3.36. The summed E-state index contributed by atoms with van der Waals surface area (Å²) < 4.78 is 3.25. The first-order valence-corrected chi connectivity index (χ1v) is 5.90. The number of pyridine rings is 1. The summed E-state index contributed by atoms with van der Waals surface area (Å²) in [5.74, 6) is 0.722. The summed E-state index contributed by atoms with van der Waals surface area (Å²) in [6.45, 7) is 3.02. The summed E-state index contributed by atoms with van der Waals surface area (Å²) in [6.07, 6.45) is 3.15. The van der Waals surface area contributed by atoms with Gasteiger partial charge in [-0.3, -0.25) is 4.79 Å². The fourth-order valence-electron chi connectivity index (χ4n) is 1.68. The van der Waals surface area contributed by atoms with Crippen molar-refractivity contribution in [2.75, 3.05) is 0 Å². The van der Waals surface area contributed by atoms with Crippen molar-refractivity contribution in [2.24, 2.45) is 5.73 Å². The fraction of sp³-hybridized carbons (Fsp3) is 0.273. The Balaban J connectivity index is 2.39. The zero-order valence-electron chi connectivity index (χ0n) is 9.91. The van der Waals surface area contributed by atoms with Gasteiger partial charge in [-0.1, -0.05) is 12.2 Å². The summed E-state index contributed by atoms with van der Waals surface area (Å²) in [5.41, 5.74) is 5.63. The number of nitrogens with zero attached hydrogens (tertiary/aromatic N) is 4. The van der Waals surface area contributed by atoms with Crippen LogP contribution < -0.4 is 11.3 Å². The maximum Gasteiger partial charge on any atom is 0.261 e. The van der Waals surface area contributed by atoms with Gasteiger partial charge in [0, 0.05) is 12.7 Å². The van der Waals surface area contributed by atoms with Gasteiger partial charge in [-0.2, -0.15) is 5.10 Å². The molecule has 0 unspecified atom stereocenters. The number of rotatable bonds is 4. The minimum absolute atomic E-state index is 0.103. The van der Waals surface area contributed by atoms with Crippen molar-refractivity contribution in [3.05, 3.63) is 46.4 Å². The number of nitrogens with two attached hydrogens (primary N) is 1. The molecule has 94 valence electrons. The molecule has 0 radical (unpaired) electrons. The second-order valence-corrected chi connectivity index (χ2v) is 4.15. The van der Waals surface area contributed by atoms with Gasteiger partial charge in [0.05, 0.1) is 12.1 Å². The van der Waals surface area contributed by atoms with Crippen LogP contribution in [0.1, 0.15) is 18.3 Å². The lowest BCUT2D eigenvalue weighted by Crippen LogP contribution is -2.29. The van der Waals surface area contributed by atoms with Crippen LogP contribution in [0.15, 0.2) is 29.5 Å². The third-order valence-corrected chi connectivity index (χ3v) is 2.81. The Hall–Kier alpha value is -2.02. The molecule has 7 heteroatoms. The van der Waals surface area contributed by atoms with E-state index in [0.29, 0.717) is 18.7 Å². The number of thiocarbonyl (C=S) groups is 1. The molecular weight excluding hydrogens is 250 g/mol. The van der Waals surface area contributed by atoms with Gasteiger partial charge >= 0.3 is 0 Å². The molecule has 2 heterocycles. The molecule has 0 aliphatic rings. The molecule has 0 aromatic carbocycles. The Morgan fingerprint density at radius 1 is 1.56 bits per heavy atom. The quantitative estimate of drug-likeness (QED) is 0.794. The number of aromatic nitrogens is 4. The summed E-state index contributed by atoms with van der Waals surface area (Å²) in [7, 11) is 0. The first-order valence-electron chi connectivity index (χ1n) is 5.49. The largest absolute Gasteiger partial charge is 0.389 e. The predicted molar refractivity (Wildman–Crippen MR) is 71.4 cm³/mol. The minimum atomic E-state index is -0.212. The zero-order valence-corrected chi connectivity index (χ0v) is 10.7. The standard InChI is InChI=1S/C11H13N5OS/c1-2-16-9(13-7-14-16)6-15-5-3-4-8(10(12)18)11(15)17/h3-5,7H,2,6H2,1H3,(H2,12,18). The highest BCUT2D eigenvalue weighted by Gasteiger charge is 2.08. The first kappa shape index (κ1) is 12.4. The van der Waals surface area contributed by atoms with E-state index in [-0.39, 0.29) is 10.5 Å². The van der Waals surface area contributed by atoms with E-state index in [0.717, 1.165) is 5.82 Å². The second kappa shape index (κ2) is 5.09. The molecule has 18 heavy (non-hydrogen) atoms. The lowest BCUT2D eigenvalue weighted by molar-refractivity contribution is 0.585. The Kier molecular flexibility index (Phi) is 3.52. The van der Waals surface area contributed by atoms with Crippen LogP contribution in [0.25, 0.3) is 0 Å². The van der Waals surface area contributed by atoms with E-state index in [1.54, 1.807) is 23.0 Å². The molecule has 2 aromatic heterocycles. The third-order valence-electron chi connectivity index (χ3n) is 2.59. The smallest absolute Gasteiger partial charge is 0.261 e. The Morgan fingerprint density at radius 3 is 3.00 bits per heavy atom. The normalized spacial score (nSPS) is 10.5. The van der Waals surface area contributed by atoms with Crippen molar-refractivity contribution in [1.29, 1.82) is 0 Å². The van der Waals surface area contributed by atoms with Gasteiger partial charge < -0.3 is 10.3 Å². The van der Waals surface area contributed by atoms with Crippen LogP contribution in [-0.2, 0) is 13.1 Å². The van der Waals surface area contributed by atoms with E-state index in [2.05, 4.69) is 10.1 Å². The molecule has 0 saturated heterocycles. The molecule has 0 fully saturated rings. The summed E-state index contributed by atoms with van der Waals surface area (Å²) in [5, 5.41) is 4.06. The maximum atomic E-state index is 12.1. The van der Waals surface area contributed by atoms with Crippen LogP contribution in [0.2, 0.25) is 0 Å². The highest BCUT2D eigenvalue weighted by molar-refractivity contribution is 7.80. The van der Waals surface area contributed by atoms with Gasteiger partial charge in [-0.15, -0.1) is 0 Å². The van der Waals surface area contributed by atoms with Crippen LogP contribution in [0, 0.1) is 0 Å². The molecule has 2 aromatic rings. The van der Waals surface area contributed by atoms with Crippen molar-refractivity contribution in [3.63, 3.8) is 0 Å².